The van der Waals surface area contributed by atoms with E-state index in [2.05, 4.69) is 10.3 Å². The molecule has 1 aliphatic rings. The molecule has 0 unspecified atom stereocenters. The molecule has 9 heteroatoms. The van der Waals surface area contributed by atoms with Crippen molar-refractivity contribution in [1.82, 2.24) is 4.98 Å². The van der Waals surface area contributed by atoms with Gasteiger partial charge in [0.1, 0.15) is 10.6 Å². The van der Waals surface area contributed by atoms with Crippen LogP contribution in [0.4, 0.5) is 20.9 Å². The van der Waals surface area contributed by atoms with Crippen LogP contribution in [0, 0.1) is 5.82 Å². The van der Waals surface area contributed by atoms with Crippen LogP contribution < -0.4 is 15.1 Å². The number of hydrogen-bond donors (Lipinski definition) is 1. The number of rotatable bonds is 4. The lowest BCUT2D eigenvalue weighted by molar-refractivity contribution is 0.0988. The highest BCUT2D eigenvalue weighted by Gasteiger charge is 2.27. The Morgan fingerprint density at radius 2 is 1.91 bits per heavy atom. The summed E-state index contributed by atoms with van der Waals surface area (Å²) >= 11 is 2.97. The Kier molecular flexibility index (Phi) is 5.59. The molecular formula is C24H21FN4O2S2. The van der Waals surface area contributed by atoms with Crippen molar-refractivity contribution >= 4 is 60.5 Å². The molecule has 33 heavy (non-hydrogen) atoms. The van der Waals surface area contributed by atoms with Crippen LogP contribution in [-0.2, 0) is 6.42 Å². The van der Waals surface area contributed by atoms with Crippen LogP contribution in [0.2, 0.25) is 0 Å². The van der Waals surface area contributed by atoms with E-state index < -0.39 is 0 Å². The molecule has 168 valence electrons. The monoisotopic (exact) mass is 480 g/mol. The highest BCUT2D eigenvalue weighted by molar-refractivity contribution is 7.29. The fraction of sp³-hybridized carbons (Fsp3) is 0.208. The SMILES string of the molecule is CN(C)c1nc2sc(C(=O)N3CCCc4c(NC(=O)c5ccc(F)cc5)cccc43)cc2s1. The highest BCUT2D eigenvalue weighted by Crippen LogP contribution is 2.37. The lowest BCUT2D eigenvalue weighted by Gasteiger charge is -2.30. The van der Waals surface area contributed by atoms with Crippen molar-refractivity contribution in [1.29, 1.82) is 0 Å². The zero-order valence-corrected chi connectivity index (χ0v) is 19.7. The number of amides is 2. The summed E-state index contributed by atoms with van der Waals surface area (Å²) in [6.07, 6.45) is 1.55. The molecule has 0 aliphatic carbocycles. The standard InChI is InChI=1S/C24H21FN4O2S2/c1-28(2)24-27-22-19(33-24)13-20(32-22)23(31)29-12-4-5-16-17(6-3-7-18(16)29)26-21(30)14-8-10-15(25)11-9-14/h3,6-11,13H,4-5,12H2,1-2H3,(H,26,30). The maximum absolute atomic E-state index is 13.4. The minimum atomic E-state index is -0.389. The second kappa shape index (κ2) is 8.57. The third-order valence-corrected chi connectivity index (χ3v) is 7.84. The Morgan fingerprint density at radius 3 is 2.64 bits per heavy atom. The van der Waals surface area contributed by atoms with Gasteiger partial charge in [0.25, 0.3) is 11.8 Å². The van der Waals surface area contributed by atoms with Crippen molar-refractivity contribution in [3.8, 4) is 0 Å². The van der Waals surface area contributed by atoms with E-state index >= 15 is 0 Å². The molecule has 0 saturated carbocycles. The minimum absolute atomic E-state index is 0.0560. The van der Waals surface area contributed by atoms with E-state index in [0.29, 0.717) is 22.7 Å². The van der Waals surface area contributed by atoms with Crippen LogP contribution in [0.25, 0.3) is 9.53 Å². The van der Waals surface area contributed by atoms with Crippen LogP contribution >= 0.6 is 22.7 Å². The third kappa shape index (κ3) is 4.09. The number of carbonyl (C=O) groups excluding carboxylic acids is 2. The van der Waals surface area contributed by atoms with Gasteiger partial charge < -0.3 is 15.1 Å². The first-order valence-electron chi connectivity index (χ1n) is 10.5. The number of halogens is 1. The quantitative estimate of drug-likeness (QED) is 0.424. The van der Waals surface area contributed by atoms with E-state index in [1.54, 1.807) is 16.2 Å². The first kappa shape index (κ1) is 21.5. The maximum atomic E-state index is 13.4. The highest BCUT2D eigenvalue weighted by atomic mass is 32.1. The summed E-state index contributed by atoms with van der Waals surface area (Å²) in [7, 11) is 3.90. The van der Waals surface area contributed by atoms with Gasteiger partial charge in [0.15, 0.2) is 5.13 Å². The number of fused-ring (bicyclic) bond motifs is 2. The number of thiazole rings is 1. The summed E-state index contributed by atoms with van der Waals surface area (Å²) < 4.78 is 14.2. The van der Waals surface area contributed by atoms with Crippen molar-refractivity contribution in [3.05, 3.63) is 70.4 Å². The molecule has 3 heterocycles. The molecular weight excluding hydrogens is 459 g/mol. The van der Waals surface area contributed by atoms with E-state index in [4.69, 9.17) is 0 Å². The second-order valence-electron chi connectivity index (χ2n) is 8.00. The van der Waals surface area contributed by atoms with E-state index in [-0.39, 0.29) is 17.6 Å². The Morgan fingerprint density at radius 1 is 1.12 bits per heavy atom. The third-order valence-electron chi connectivity index (χ3n) is 5.52. The van der Waals surface area contributed by atoms with Gasteiger partial charge in [0, 0.05) is 37.6 Å². The largest absolute Gasteiger partial charge is 0.354 e. The van der Waals surface area contributed by atoms with Gasteiger partial charge in [-0.25, -0.2) is 9.37 Å². The number of anilines is 3. The second-order valence-corrected chi connectivity index (χ2v) is 10.0. The lowest BCUT2D eigenvalue weighted by Crippen LogP contribution is -2.35. The first-order chi connectivity index (χ1) is 15.9. The Labute approximate surface area is 198 Å². The summed E-state index contributed by atoms with van der Waals surface area (Å²) in [5.74, 6) is -0.757. The Balaban J connectivity index is 1.42. The average Bonchev–Trinajstić information content (AvgIpc) is 3.39. The first-order valence-corrected chi connectivity index (χ1v) is 12.1. The molecule has 6 nitrogen and oxygen atoms in total. The van der Waals surface area contributed by atoms with E-state index in [0.717, 1.165) is 38.8 Å². The number of carbonyl (C=O) groups is 2. The molecule has 0 bridgehead atoms. The van der Waals surface area contributed by atoms with E-state index in [1.165, 1.54) is 35.6 Å². The van der Waals surface area contributed by atoms with Gasteiger partial charge in [-0.05, 0) is 60.9 Å². The fourth-order valence-corrected chi connectivity index (χ4v) is 5.98. The van der Waals surface area contributed by atoms with E-state index in [1.807, 2.05) is 43.3 Å². The minimum Gasteiger partial charge on any atom is -0.354 e. The maximum Gasteiger partial charge on any atom is 0.268 e. The van der Waals surface area contributed by atoms with E-state index in [9.17, 15) is 14.0 Å². The predicted molar refractivity (Wildman–Crippen MR) is 133 cm³/mol. The van der Waals surface area contributed by atoms with Crippen LogP contribution in [-0.4, -0.2) is 37.4 Å². The van der Waals surface area contributed by atoms with Gasteiger partial charge in [0.2, 0.25) is 0 Å². The summed E-state index contributed by atoms with van der Waals surface area (Å²) in [6.45, 7) is 0.614. The van der Waals surface area contributed by atoms with Crippen molar-refractivity contribution < 1.29 is 14.0 Å². The summed E-state index contributed by atoms with van der Waals surface area (Å²) in [6, 6.07) is 12.9. The lowest BCUT2D eigenvalue weighted by atomic mass is 9.99. The summed E-state index contributed by atoms with van der Waals surface area (Å²) in [5.41, 5.74) is 2.78. The van der Waals surface area contributed by atoms with Gasteiger partial charge in [-0.15, -0.1) is 11.3 Å². The number of nitrogens with zero attached hydrogens (tertiary/aromatic N) is 3. The molecule has 0 atom stereocenters. The Bertz CT molecular complexity index is 1330. The molecule has 0 radical (unpaired) electrons. The normalized spacial score (nSPS) is 13.1. The summed E-state index contributed by atoms with van der Waals surface area (Å²) in [4.78, 5) is 36.0. The summed E-state index contributed by atoms with van der Waals surface area (Å²) in [5, 5.41) is 3.85. The molecule has 1 aliphatic heterocycles. The molecule has 0 fully saturated rings. The van der Waals surface area contributed by atoms with Gasteiger partial charge in [-0.2, -0.15) is 0 Å². The fourth-order valence-electron chi connectivity index (χ4n) is 3.90. The van der Waals surface area contributed by atoms with Crippen LogP contribution in [0.5, 0.6) is 0 Å². The van der Waals surface area contributed by atoms with Crippen molar-refractivity contribution in [2.75, 3.05) is 35.8 Å². The molecule has 4 aromatic rings. The van der Waals surface area contributed by atoms with Gasteiger partial charge in [-0.3, -0.25) is 9.59 Å². The van der Waals surface area contributed by atoms with Crippen LogP contribution in [0.15, 0.2) is 48.5 Å². The van der Waals surface area contributed by atoms with Crippen LogP contribution in [0.3, 0.4) is 0 Å². The topological polar surface area (TPSA) is 65.5 Å². The zero-order valence-electron chi connectivity index (χ0n) is 18.1. The molecule has 2 aromatic carbocycles. The number of hydrogen-bond acceptors (Lipinski definition) is 6. The van der Waals surface area contributed by atoms with Gasteiger partial charge in [-0.1, -0.05) is 17.4 Å². The molecule has 1 N–H and O–H groups in total. The number of nitrogens with one attached hydrogen (secondary N) is 1. The zero-order chi connectivity index (χ0) is 23.1. The predicted octanol–water partition coefficient (Wildman–Crippen LogP) is 5.41. The molecule has 5 rings (SSSR count). The number of benzene rings is 2. The van der Waals surface area contributed by atoms with Gasteiger partial charge >= 0.3 is 0 Å². The molecule has 0 spiro atoms. The average molecular weight is 481 g/mol. The smallest absolute Gasteiger partial charge is 0.268 e. The molecule has 0 saturated heterocycles. The Hall–Kier alpha value is -3.30. The molecule has 2 aromatic heterocycles. The van der Waals surface area contributed by atoms with Crippen molar-refractivity contribution in [3.63, 3.8) is 0 Å². The number of aromatic nitrogens is 1. The molecule has 2 amide bonds. The van der Waals surface area contributed by atoms with Crippen molar-refractivity contribution in [2.45, 2.75) is 12.8 Å². The van der Waals surface area contributed by atoms with Crippen LogP contribution in [0.1, 0.15) is 32.0 Å². The van der Waals surface area contributed by atoms with Crippen molar-refractivity contribution in [2.24, 2.45) is 0 Å². The van der Waals surface area contributed by atoms with Gasteiger partial charge in [0.05, 0.1) is 9.58 Å². The number of thiophene rings is 1.